The molecule has 0 unspecified atom stereocenters. The van der Waals surface area contributed by atoms with E-state index in [1.54, 1.807) is 58.6 Å². The Morgan fingerprint density at radius 3 is 2.21 bits per heavy atom. The van der Waals surface area contributed by atoms with Crippen LogP contribution in [0.1, 0.15) is 34.3 Å². The summed E-state index contributed by atoms with van der Waals surface area (Å²) < 4.78 is 2.91. The van der Waals surface area contributed by atoms with E-state index >= 15 is 0 Å². The maximum absolute atomic E-state index is 13.3. The minimum atomic E-state index is -0.604. The smallest absolute Gasteiger partial charge is 0.289 e. The first kappa shape index (κ1) is 22.2. The highest BCUT2D eigenvalue weighted by molar-refractivity contribution is 5.93. The number of aryl methyl sites for hydroxylation is 1. The number of hydrogen-bond acceptors (Lipinski definition) is 4. The van der Waals surface area contributed by atoms with Gasteiger partial charge in [0.25, 0.3) is 11.5 Å². The summed E-state index contributed by atoms with van der Waals surface area (Å²) in [5.74, 6) is -0.604. The molecule has 3 aromatic carbocycles. The predicted molar refractivity (Wildman–Crippen MR) is 127 cm³/mol. The van der Waals surface area contributed by atoms with Gasteiger partial charge in [0.05, 0.1) is 17.4 Å². The number of carbonyl (C=O) groups is 1. The van der Waals surface area contributed by atoms with Crippen LogP contribution >= 0.6 is 0 Å². The van der Waals surface area contributed by atoms with E-state index in [0.29, 0.717) is 29.4 Å². The number of amides is 1. The van der Waals surface area contributed by atoms with Gasteiger partial charge in [-0.15, -0.1) is 0 Å². The van der Waals surface area contributed by atoms with Gasteiger partial charge in [0.1, 0.15) is 0 Å². The number of unbranched alkanes of at least 4 members (excludes halogenated alkanes) is 1. The molecule has 0 saturated heterocycles. The molecule has 168 valence electrons. The van der Waals surface area contributed by atoms with Crippen molar-refractivity contribution in [3.8, 4) is 0 Å². The van der Waals surface area contributed by atoms with Crippen LogP contribution in [0.5, 0.6) is 0 Å². The van der Waals surface area contributed by atoms with Crippen LogP contribution in [-0.4, -0.2) is 20.2 Å². The second-order valence-electron chi connectivity index (χ2n) is 7.92. The molecule has 0 saturated carbocycles. The zero-order valence-corrected chi connectivity index (χ0v) is 18.1. The molecule has 2 N–H and O–H groups in total. The molecule has 0 bridgehead atoms. The Balaban J connectivity index is 1.61. The fourth-order valence-electron chi connectivity index (χ4n) is 3.97. The van der Waals surface area contributed by atoms with Crippen molar-refractivity contribution in [2.75, 3.05) is 0 Å². The van der Waals surface area contributed by atoms with Crippen molar-refractivity contribution in [2.45, 2.75) is 32.4 Å². The number of hydrogen-bond donors (Lipinski definition) is 2. The Kier molecular flexibility index (Phi) is 6.80. The summed E-state index contributed by atoms with van der Waals surface area (Å²) in [6.45, 7) is 0.607. The molecule has 0 spiro atoms. The van der Waals surface area contributed by atoms with E-state index in [9.17, 15) is 14.4 Å². The number of nitrogens with one attached hydrogen (secondary N) is 1. The van der Waals surface area contributed by atoms with E-state index in [4.69, 9.17) is 5.21 Å². The molecule has 7 nitrogen and oxygen atoms in total. The molecule has 0 aliphatic rings. The lowest BCUT2D eigenvalue weighted by atomic mass is 10.1. The Morgan fingerprint density at radius 2 is 1.48 bits per heavy atom. The molecule has 0 fully saturated rings. The fourth-order valence-corrected chi connectivity index (χ4v) is 3.97. The first-order valence-corrected chi connectivity index (χ1v) is 10.9. The maximum atomic E-state index is 13.3. The Labute approximate surface area is 190 Å². The largest absolute Gasteiger partial charge is 0.331 e. The molecule has 7 heteroatoms. The summed E-state index contributed by atoms with van der Waals surface area (Å²) in [5.41, 5.74) is 3.89. The summed E-state index contributed by atoms with van der Waals surface area (Å²) in [5, 5.41) is 9.28. The average Bonchev–Trinajstić information content (AvgIpc) is 2.86. The van der Waals surface area contributed by atoms with Crippen molar-refractivity contribution < 1.29 is 10.0 Å². The maximum Gasteiger partial charge on any atom is 0.331 e. The van der Waals surface area contributed by atoms with Gasteiger partial charge in [-0.3, -0.25) is 23.9 Å². The summed E-state index contributed by atoms with van der Waals surface area (Å²) in [6, 6.07) is 23.8. The molecule has 0 aliphatic carbocycles. The minimum Gasteiger partial charge on any atom is -0.289 e. The molecule has 4 rings (SSSR count). The van der Waals surface area contributed by atoms with Crippen LogP contribution < -0.4 is 16.7 Å². The number of benzene rings is 3. The monoisotopic (exact) mass is 443 g/mol. The third-order valence-electron chi connectivity index (χ3n) is 5.73. The molecule has 0 aliphatic heterocycles. The minimum absolute atomic E-state index is 0.255. The third kappa shape index (κ3) is 4.94. The molecule has 33 heavy (non-hydrogen) atoms. The molecule has 1 aromatic heterocycles. The molecule has 0 radical (unpaired) electrons. The van der Waals surface area contributed by atoms with Crippen LogP contribution in [0.2, 0.25) is 0 Å². The van der Waals surface area contributed by atoms with Gasteiger partial charge < -0.3 is 0 Å². The highest BCUT2D eigenvalue weighted by Gasteiger charge is 2.13. The Morgan fingerprint density at radius 1 is 0.788 bits per heavy atom. The zero-order valence-electron chi connectivity index (χ0n) is 18.1. The predicted octanol–water partition coefficient (Wildman–Crippen LogP) is 3.35. The zero-order chi connectivity index (χ0) is 23.2. The standard InChI is InChI=1S/C26H25N3O4/c30-24(27-33)21-15-13-20(14-16-21)18-29-23-12-5-4-11-22(23)25(31)28(26(29)32)17-7-6-10-19-8-2-1-3-9-19/h1-5,8-9,11-16,33H,6-7,10,17-18H2,(H,27,30). The van der Waals surface area contributed by atoms with Gasteiger partial charge >= 0.3 is 5.69 Å². The number of aromatic nitrogens is 2. The SMILES string of the molecule is O=C(NO)c1ccc(Cn2c(=O)n(CCCCc3ccccc3)c(=O)c3ccccc32)cc1. The van der Waals surface area contributed by atoms with Crippen LogP contribution in [0.4, 0.5) is 0 Å². The second-order valence-corrected chi connectivity index (χ2v) is 7.92. The Bertz CT molecular complexity index is 1370. The number of para-hydroxylation sites is 1. The van der Waals surface area contributed by atoms with Gasteiger partial charge in [-0.25, -0.2) is 10.3 Å². The number of fused-ring (bicyclic) bond motifs is 1. The third-order valence-corrected chi connectivity index (χ3v) is 5.73. The molecular weight excluding hydrogens is 418 g/mol. The van der Waals surface area contributed by atoms with E-state index in [1.165, 1.54) is 10.1 Å². The normalized spacial score (nSPS) is 10.9. The lowest BCUT2D eigenvalue weighted by molar-refractivity contribution is 0.0706. The van der Waals surface area contributed by atoms with E-state index in [-0.39, 0.29) is 17.8 Å². The topological polar surface area (TPSA) is 93.3 Å². The highest BCUT2D eigenvalue weighted by Crippen LogP contribution is 2.12. The molecule has 1 heterocycles. The van der Waals surface area contributed by atoms with Crippen molar-refractivity contribution >= 4 is 16.8 Å². The number of hydroxylamine groups is 1. The Hall–Kier alpha value is -3.97. The molecule has 0 atom stereocenters. The van der Waals surface area contributed by atoms with E-state index in [1.807, 2.05) is 18.2 Å². The van der Waals surface area contributed by atoms with Crippen LogP contribution in [0.15, 0.2) is 88.5 Å². The quantitative estimate of drug-likeness (QED) is 0.248. The molecular formula is C26H25N3O4. The van der Waals surface area contributed by atoms with Crippen LogP contribution in [-0.2, 0) is 19.5 Å². The van der Waals surface area contributed by atoms with Crippen LogP contribution in [0.3, 0.4) is 0 Å². The summed E-state index contributed by atoms with van der Waals surface area (Å²) in [4.78, 5) is 37.9. The van der Waals surface area contributed by atoms with Gasteiger partial charge in [0.2, 0.25) is 0 Å². The van der Waals surface area contributed by atoms with Crippen LogP contribution in [0.25, 0.3) is 10.9 Å². The summed E-state index contributed by atoms with van der Waals surface area (Å²) in [6.07, 6.45) is 2.48. The van der Waals surface area contributed by atoms with Crippen molar-refractivity contribution in [1.82, 2.24) is 14.6 Å². The second kappa shape index (κ2) is 10.1. The van der Waals surface area contributed by atoms with E-state index in [0.717, 1.165) is 18.4 Å². The highest BCUT2D eigenvalue weighted by atomic mass is 16.5. The first-order chi connectivity index (χ1) is 16.1. The van der Waals surface area contributed by atoms with Crippen molar-refractivity contribution in [1.29, 1.82) is 0 Å². The number of nitrogens with zero attached hydrogens (tertiary/aromatic N) is 2. The lowest BCUT2D eigenvalue weighted by Gasteiger charge is -2.14. The van der Waals surface area contributed by atoms with Gasteiger partial charge in [0, 0.05) is 12.1 Å². The van der Waals surface area contributed by atoms with Crippen LogP contribution in [0, 0.1) is 0 Å². The van der Waals surface area contributed by atoms with Gasteiger partial charge in [-0.1, -0.05) is 54.6 Å². The summed E-state index contributed by atoms with van der Waals surface area (Å²) >= 11 is 0. The molecule has 4 aromatic rings. The summed E-state index contributed by atoms with van der Waals surface area (Å²) in [7, 11) is 0. The van der Waals surface area contributed by atoms with Crippen molar-refractivity contribution in [2.24, 2.45) is 0 Å². The number of rotatable bonds is 8. The average molecular weight is 444 g/mol. The van der Waals surface area contributed by atoms with E-state index in [2.05, 4.69) is 12.1 Å². The molecule has 1 amide bonds. The number of carbonyl (C=O) groups excluding carboxylic acids is 1. The lowest BCUT2D eigenvalue weighted by Crippen LogP contribution is -2.40. The van der Waals surface area contributed by atoms with E-state index < -0.39 is 5.91 Å². The van der Waals surface area contributed by atoms with Crippen molar-refractivity contribution in [3.05, 3.63) is 116 Å². The fraction of sp³-hybridized carbons (Fsp3) is 0.192. The van der Waals surface area contributed by atoms with Crippen molar-refractivity contribution in [3.63, 3.8) is 0 Å². The van der Waals surface area contributed by atoms with Gasteiger partial charge in [0.15, 0.2) is 0 Å². The van der Waals surface area contributed by atoms with Gasteiger partial charge in [-0.05, 0) is 54.7 Å². The van der Waals surface area contributed by atoms with Gasteiger partial charge in [-0.2, -0.15) is 0 Å². The first-order valence-electron chi connectivity index (χ1n) is 10.9.